The van der Waals surface area contributed by atoms with Gasteiger partial charge in [0.2, 0.25) is 0 Å². The highest BCUT2D eigenvalue weighted by Crippen LogP contribution is 2.26. The number of hydrogen-bond acceptors (Lipinski definition) is 4. The third-order valence-corrected chi connectivity index (χ3v) is 2.87. The van der Waals surface area contributed by atoms with Gasteiger partial charge in [-0.3, -0.25) is 10.5 Å². The van der Waals surface area contributed by atoms with Crippen molar-refractivity contribution in [3.63, 3.8) is 0 Å². The molecule has 0 heterocycles. The van der Waals surface area contributed by atoms with E-state index in [4.69, 9.17) is 10.5 Å². The molecule has 0 amide bonds. The van der Waals surface area contributed by atoms with E-state index in [0.717, 1.165) is 12.7 Å². The molecule has 0 radical (unpaired) electrons. The van der Waals surface area contributed by atoms with Crippen LogP contribution in [0.2, 0.25) is 0 Å². The Morgan fingerprint density at radius 2 is 2.29 bits per heavy atom. The van der Waals surface area contributed by atoms with Crippen LogP contribution in [0.25, 0.3) is 0 Å². The quantitative estimate of drug-likeness (QED) is 0.579. The minimum absolute atomic E-state index is 0.512. The van der Waals surface area contributed by atoms with Crippen LogP contribution in [0, 0.1) is 0 Å². The van der Waals surface area contributed by atoms with Crippen molar-refractivity contribution in [2.45, 2.75) is 31.6 Å². The first-order valence-electron chi connectivity index (χ1n) is 5.66. The SMILES string of the molecule is CCC[C@H](O)[C@@](N)(OC)c1cccc(C=O)c1. The monoisotopic (exact) mass is 237 g/mol. The van der Waals surface area contributed by atoms with E-state index >= 15 is 0 Å². The van der Waals surface area contributed by atoms with Gasteiger partial charge in [0.25, 0.3) is 0 Å². The van der Waals surface area contributed by atoms with E-state index in [9.17, 15) is 9.90 Å². The first-order valence-corrected chi connectivity index (χ1v) is 5.66. The molecule has 1 rings (SSSR count). The Balaban J connectivity index is 3.10. The van der Waals surface area contributed by atoms with Crippen LogP contribution in [-0.2, 0) is 10.5 Å². The van der Waals surface area contributed by atoms with E-state index < -0.39 is 11.8 Å². The number of nitrogens with two attached hydrogens (primary N) is 1. The number of rotatable bonds is 6. The zero-order valence-corrected chi connectivity index (χ0v) is 10.2. The number of benzene rings is 1. The van der Waals surface area contributed by atoms with Gasteiger partial charge in [0.15, 0.2) is 5.72 Å². The summed E-state index contributed by atoms with van der Waals surface area (Å²) < 4.78 is 5.25. The molecule has 3 N–H and O–H groups in total. The second-order valence-corrected chi connectivity index (χ2v) is 4.05. The zero-order valence-electron chi connectivity index (χ0n) is 10.2. The lowest BCUT2D eigenvalue weighted by molar-refractivity contribution is -0.108. The molecule has 0 bridgehead atoms. The Kier molecular flexibility index (Phi) is 4.81. The van der Waals surface area contributed by atoms with Gasteiger partial charge in [0, 0.05) is 18.2 Å². The van der Waals surface area contributed by atoms with Gasteiger partial charge >= 0.3 is 0 Å². The molecule has 0 aliphatic heterocycles. The minimum Gasteiger partial charge on any atom is -0.388 e. The molecule has 2 atom stereocenters. The van der Waals surface area contributed by atoms with E-state index in [-0.39, 0.29) is 0 Å². The molecule has 0 aromatic heterocycles. The second-order valence-electron chi connectivity index (χ2n) is 4.05. The predicted molar refractivity (Wildman–Crippen MR) is 65.6 cm³/mol. The summed E-state index contributed by atoms with van der Waals surface area (Å²) in [7, 11) is 1.45. The number of ether oxygens (including phenoxy) is 1. The van der Waals surface area contributed by atoms with Crippen LogP contribution in [0.3, 0.4) is 0 Å². The molecular formula is C13H19NO3. The van der Waals surface area contributed by atoms with Crippen LogP contribution in [-0.4, -0.2) is 24.6 Å². The van der Waals surface area contributed by atoms with Crippen molar-refractivity contribution in [1.82, 2.24) is 0 Å². The number of aliphatic hydroxyl groups is 1. The predicted octanol–water partition coefficient (Wildman–Crippen LogP) is 1.42. The van der Waals surface area contributed by atoms with Crippen LogP contribution in [0.15, 0.2) is 24.3 Å². The van der Waals surface area contributed by atoms with Crippen molar-refractivity contribution in [2.75, 3.05) is 7.11 Å². The highest BCUT2D eigenvalue weighted by Gasteiger charge is 2.35. The third-order valence-electron chi connectivity index (χ3n) is 2.87. The van der Waals surface area contributed by atoms with Gasteiger partial charge in [-0.2, -0.15) is 0 Å². The topological polar surface area (TPSA) is 72.6 Å². The standard InChI is InChI=1S/C13H19NO3/c1-3-5-12(16)13(14,17-2)11-7-4-6-10(8-11)9-15/h4,6-9,12,16H,3,5,14H2,1-2H3/t12-,13-/m0/s1. The summed E-state index contributed by atoms with van der Waals surface area (Å²) in [5, 5.41) is 10.0. The number of methoxy groups -OCH3 is 1. The maximum Gasteiger partial charge on any atom is 0.168 e. The normalized spacial score (nSPS) is 16.2. The van der Waals surface area contributed by atoms with Gasteiger partial charge in [0.1, 0.15) is 12.4 Å². The number of aldehydes is 1. The van der Waals surface area contributed by atoms with Crippen LogP contribution < -0.4 is 5.73 Å². The fourth-order valence-corrected chi connectivity index (χ4v) is 1.79. The average Bonchev–Trinajstić information content (AvgIpc) is 2.38. The number of carbonyl (C=O) groups excluding carboxylic acids is 1. The smallest absolute Gasteiger partial charge is 0.168 e. The number of carbonyl (C=O) groups is 1. The highest BCUT2D eigenvalue weighted by atomic mass is 16.5. The molecule has 94 valence electrons. The average molecular weight is 237 g/mol. The molecule has 0 fully saturated rings. The molecule has 0 aliphatic carbocycles. The summed E-state index contributed by atoms with van der Waals surface area (Å²) in [4.78, 5) is 10.7. The molecule has 0 unspecified atom stereocenters. The summed E-state index contributed by atoms with van der Waals surface area (Å²) in [5.41, 5.74) is 5.93. The molecule has 0 spiro atoms. The van der Waals surface area contributed by atoms with E-state index in [1.54, 1.807) is 24.3 Å². The fraction of sp³-hybridized carbons (Fsp3) is 0.462. The first-order chi connectivity index (χ1) is 8.08. The molecule has 4 heteroatoms. The van der Waals surface area contributed by atoms with Crippen LogP contribution in [0.1, 0.15) is 35.7 Å². The van der Waals surface area contributed by atoms with Crippen molar-refractivity contribution in [2.24, 2.45) is 5.73 Å². The molecule has 1 aromatic rings. The van der Waals surface area contributed by atoms with Crippen molar-refractivity contribution in [3.05, 3.63) is 35.4 Å². The maximum atomic E-state index is 10.7. The van der Waals surface area contributed by atoms with Crippen molar-refractivity contribution in [3.8, 4) is 0 Å². The Hall–Kier alpha value is -1.23. The fourth-order valence-electron chi connectivity index (χ4n) is 1.79. The second kappa shape index (κ2) is 5.91. The molecule has 0 saturated heterocycles. The lowest BCUT2D eigenvalue weighted by Gasteiger charge is -2.33. The zero-order chi connectivity index (χ0) is 12.9. The molecule has 0 aliphatic rings. The van der Waals surface area contributed by atoms with Gasteiger partial charge in [-0.15, -0.1) is 0 Å². The van der Waals surface area contributed by atoms with Gasteiger partial charge in [-0.25, -0.2) is 0 Å². The van der Waals surface area contributed by atoms with Crippen molar-refractivity contribution >= 4 is 6.29 Å². The lowest BCUT2D eigenvalue weighted by Crippen LogP contribution is -2.49. The van der Waals surface area contributed by atoms with Crippen LogP contribution in [0.5, 0.6) is 0 Å². The number of aliphatic hydroxyl groups excluding tert-OH is 1. The molecule has 4 nitrogen and oxygen atoms in total. The lowest BCUT2D eigenvalue weighted by atomic mass is 9.93. The Morgan fingerprint density at radius 1 is 1.59 bits per heavy atom. The molecule has 0 saturated carbocycles. The Morgan fingerprint density at radius 3 is 2.82 bits per heavy atom. The molecule has 1 aromatic carbocycles. The van der Waals surface area contributed by atoms with Gasteiger partial charge in [0.05, 0.1) is 0 Å². The molecular weight excluding hydrogens is 218 g/mol. The maximum absolute atomic E-state index is 10.7. The molecule has 17 heavy (non-hydrogen) atoms. The van der Waals surface area contributed by atoms with E-state index in [0.29, 0.717) is 17.5 Å². The van der Waals surface area contributed by atoms with Crippen molar-refractivity contribution < 1.29 is 14.6 Å². The van der Waals surface area contributed by atoms with E-state index in [1.807, 2.05) is 6.92 Å². The summed E-state index contributed by atoms with van der Waals surface area (Å²) in [5.74, 6) is 0. The van der Waals surface area contributed by atoms with E-state index in [1.165, 1.54) is 7.11 Å². The largest absolute Gasteiger partial charge is 0.388 e. The minimum atomic E-state index is -1.27. The summed E-state index contributed by atoms with van der Waals surface area (Å²) in [6, 6.07) is 6.78. The van der Waals surface area contributed by atoms with Gasteiger partial charge < -0.3 is 9.84 Å². The Bertz CT molecular complexity index is 381. The Labute approximate surface area is 101 Å². The first kappa shape index (κ1) is 13.8. The summed E-state index contributed by atoms with van der Waals surface area (Å²) >= 11 is 0. The van der Waals surface area contributed by atoms with Crippen molar-refractivity contribution in [1.29, 1.82) is 0 Å². The van der Waals surface area contributed by atoms with E-state index in [2.05, 4.69) is 0 Å². The highest BCUT2D eigenvalue weighted by molar-refractivity contribution is 5.75. The van der Waals surface area contributed by atoms with Gasteiger partial charge in [-0.05, 0) is 12.5 Å². The van der Waals surface area contributed by atoms with Gasteiger partial charge in [-0.1, -0.05) is 31.5 Å². The van der Waals surface area contributed by atoms with Crippen LogP contribution in [0.4, 0.5) is 0 Å². The summed E-state index contributed by atoms with van der Waals surface area (Å²) in [6.45, 7) is 1.96. The number of hydrogen-bond donors (Lipinski definition) is 2. The summed E-state index contributed by atoms with van der Waals surface area (Å²) in [6.07, 6.45) is 1.28. The van der Waals surface area contributed by atoms with Crippen LogP contribution >= 0.6 is 0 Å². The third kappa shape index (κ3) is 2.91.